The van der Waals surface area contributed by atoms with Crippen LogP contribution in [-0.2, 0) is 14.6 Å². The predicted octanol–water partition coefficient (Wildman–Crippen LogP) is 3.70. The molecule has 0 heterocycles. The molecule has 0 aromatic carbocycles. The summed E-state index contributed by atoms with van der Waals surface area (Å²) in [5, 5.41) is 2.91. The molecule has 0 fully saturated rings. The summed E-state index contributed by atoms with van der Waals surface area (Å²) in [6.07, 6.45) is 2.73. The molecule has 1 atom stereocenters. The highest BCUT2D eigenvalue weighted by Gasteiger charge is 2.25. The number of amides is 1. The summed E-state index contributed by atoms with van der Waals surface area (Å²) in [7, 11) is 0. The molecule has 0 rings (SSSR count). The van der Waals surface area contributed by atoms with Crippen LogP contribution in [0.4, 0.5) is 0 Å². The fourth-order valence-corrected chi connectivity index (χ4v) is 1.85. The van der Waals surface area contributed by atoms with Crippen molar-refractivity contribution in [3.8, 4) is 0 Å². The zero-order valence-corrected chi connectivity index (χ0v) is 14.6. The van der Waals surface area contributed by atoms with Crippen LogP contribution in [0.2, 0.25) is 0 Å². The van der Waals surface area contributed by atoms with Gasteiger partial charge in [-0.05, 0) is 37.5 Å². The highest BCUT2D eigenvalue weighted by Crippen LogP contribution is 2.31. The Morgan fingerprint density at radius 1 is 1.29 bits per heavy atom. The van der Waals surface area contributed by atoms with Crippen LogP contribution in [0.3, 0.4) is 0 Å². The van der Waals surface area contributed by atoms with Gasteiger partial charge in [0.15, 0.2) is 0 Å². The molecule has 4 nitrogen and oxygen atoms in total. The molecule has 0 aliphatic rings. The lowest BCUT2D eigenvalue weighted by Crippen LogP contribution is -2.35. The van der Waals surface area contributed by atoms with E-state index in [2.05, 4.69) is 32.7 Å². The summed E-state index contributed by atoms with van der Waals surface area (Å²) in [6.45, 7) is 13.7. The first-order chi connectivity index (χ1) is 9.81. The van der Waals surface area contributed by atoms with Crippen molar-refractivity contribution in [3.05, 3.63) is 12.2 Å². The molecule has 0 saturated heterocycles. The van der Waals surface area contributed by atoms with E-state index < -0.39 is 0 Å². The minimum absolute atomic E-state index is 0.0753. The van der Waals surface area contributed by atoms with Crippen LogP contribution in [0.15, 0.2) is 12.2 Å². The first kappa shape index (κ1) is 20.4. The van der Waals surface area contributed by atoms with Gasteiger partial charge in [0.2, 0.25) is 5.91 Å². The number of hydrogen-bond acceptors (Lipinski definition) is 3. The highest BCUT2D eigenvalue weighted by molar-refractivity contribution is 6.17. The Bertz CT molecular complexity index is 319. The highest BCUT2D eigenvalue weighted by atomic mass is 35.5. The van der Waals surface area contributed by atoms with E-state index in [1.807, 2.05) is 0 Å². The minimum atomic E-state index is -0.0753. The third-order valence-electron chi connectivity index (χ3n) is 3.78. The normalized spacial score (nSPS) is 13.0. The SMILES string of the molecule is C=C(C)C(=O)NCC(C)C(C)(C)CCCOOCCCCl. The van der Waals surface area contributed by atoms with E-state index in [0.717, 1.165) is 19.3 Å². The second kappa shape index (κ2) is 11.0. The molecular weight excluding hydrogens is 290 g/mol. The topological polar surface area (TPSA) is 47.6 Å². The van der Waals surface area contributed by atoms with Crippen LogP contribution < -0.4 is 5.32 Å². The van der Waals surface area contributed by atoms with E-state index in [0.29, 0.717) is 37.1 Å². The molecule has 0 saturated carbocycles. The van der Waals surface area contributed by atoms with Gasteiger partial charge >= 0.3 is 0 Å². The Labute approximate surface area is 134 Å². The number of halogens is 1. The zero-order valence-electron chi connectivity index (χ0n) is 13.8. The Balaban J connectivity index is 3.84. The minimum Gasteiger partial charge on any atom is -0.352 e. The van der Waals surface area contributed by atoms with Gasteiger partial charge in [0.25, 0.3) is 0 Å². The van der Waals surface area contributed by atoms with Gasteiger partial charge in [0, 0.05) is 18.0 Å². The Kier molecular flexibility index (Phi) is 10.7. The fraction of sp³-hybridized carbons (Fsp3) is 0.812. The molecule has 0 spiro atoms. The first-order valence-corrected chi connectivity index (χ1v) is 8.08. The summed E-state index contributed by atoms with van der Waals surface area (Å²) in [5.41, 5.74) is 0.671. The molecule has 124 valence electrons. The molecule has 0 aliphatic carbocycles. The quantitative estimate of drug-likeness (QED) is 0.196. The second-order valence-electron chi connectivity index (χ2n) is 6.17. The Morgan fingerprint density at radius 3 is 2.38 bits per heavy atom. The van der Waals surface area contributed by atoms with Crippen molar-refractivity contribution in [3.63, 3.8) is 0 Å². The van der Waals surface area contributed by atoms with E-state index in [-0.39, 0.29) is 11.3 Å². The average Bonchev–Trinajstić information content (AvgIpc) is 2.43. The summed E-state index contributed by atoms with van der Waals surface area (Å²) in [5.74, 6) is 0.885. The molecule has 0 aromatic heterocycles. The van der Waals surface area contributed by atoms with Crippen LogP contribution in [0.5, 0.6) is 0 Å². The molecule has 21 heavy (non-hydrogen) atoms. The summed E-state index contributed by atoms with van der Waals surface area (Å²) < 4.78 is 0. The first-order valence-electron chi connectivity index (χ1n) is 7.55. The van der Waals surface area contributed by atoms with Crippen molar-refractivity contribution in [1.29, 1.82) is 0 Å². The Morgan fingerprint density at radius 2 is 1.86 bits per heavy atom. The smallest absolute Gasteiger partial charge is 0.246 e. The van der Waals surface area contributed by atoms with Gasteiger partial charge in [-0.1, -0.05) is 27.4 Å². The molecule has 0 aliphatic heterocycles. The van der Waals surface area contributed by atoms with Crippen molar-refractivity contribution in [2.24, 2.45) is 11.3 Å². The molecule has 0 bridgehead atoms. The third kappa shape index (κ3) is 9.88. The maximum atomic E-state index is 11.5. The summed E-state index contributed by atoms with van der Waals surface area (Å²) in [6, 6.07) is 0. The number of carbonyl (C=O) groups excluding carboxylic acids is 1. The fourth-order valence-electron chi connectivity index (χ4n) is 1.74. The van der Waals surface area contributed by atoms with E-state index in [4.69, 9.17) is 21.4 Å². The van der Waals surface area contributed by atoms with Crippen LogP contribution in [0, 0.1) is 11.3 Å². The van der Waals surface area contributed by atoms with Crippen LogP contribution in [-0.4, -0.2) is 31.5 Å². The maximum absolute atomic E-state index is 11.5. The molecule has 0 radical (unpaired) electrons. The zero-order chi connectivity index (χ0) is 16.3. The standard InChI is InChI=1S/C16H30ClNO3/c1-13(2)15(19)18-12-14(3)16(4,5)8-6-10-20-21-11-7-9-17/h14H,1,6-12H2,2-5H3,(H,18,19). The van der Waals surface area contributed by atoms with E-state index >= 15 is 0 Å². The predicted molar refractivity (Wildman–Crippen MR) is 87.2 cm³/mol. The molecule has 1 amide bonds. The van der Waals surface area contributed by atoms with Gasteiger partial charge in [0.05, 0.1) is 13.2 Å². The summed E-state index contributed by atoms with van der Waals surface area (Å²) in [4.78, 5) is 21.6. The van der Waals surface area contributed by atoms with Crippen molar-refractivity contribution < 1.29 is 14.6 Å². The van der Waals surface area contributed by atoms with Crippen molar-refractivity contribution in [2.75, 3.05) is 25.6 Å². The maximum Gasteiger partial charge on any atom is 0.246 e. The van der Waals surface area contributed by atoms with Crippen molar-refractivity contribution >= 4 is 17.5 Å². The number of rotatable bonds is 12. The van der Waals surface area contributed by atoms with Crippen molar-refractivity contribution in [1.82, 2.24) is 5.32 Å². The van der Waals surface area contributed by atoms with Gasteiger partial charge in [-0.3, -0.25) is 4.79 Å². The van der Waals surface area contributed by atoms with E-state index in [1.165, 1.54) is 0 Å². The van der Waals surface area contributed by atoms with Crippen LogP contribution in [0.1, 0.15) is 47.0 Å². The van der Waals surface area contributed by atoms with Crippen LogP contribution >= 0.6 is 11.6 Å². The van der Waals surface area contributed by atoms with E-state index in [9.17, 15) is 4.79 Å². The average molecular weight is 320 g/mol. The van der Waals surface area contributed by atoms with Gasteiger partial charge in [-0.2, -0.15) is 0 Å². The van der Waals surface area contributed by atoms with Gasteiger partial charge < -0.3 is 5.32 Å². The molecule has 5 heteroatoms. The number of carbonyl (C=O) groups is 1. The second-order valence-corrected chi connectivity index (χ2v) is 6.55. The largest absolute Gasteiger partial charge is 0.352 e. The molecule has 1 unspecified atom stereocenters. The number of hydrogen-bond donors (Lipinski definition) is 1. The number of alkyl halides is 1. The monoisotopic (exact) mass is 319 g/mol. The number of nitrogens with one attached hydrogen (secondary N) is 1. The van der Waals surface area contributed by atoms with Gasteiger partial charge in [-0.25, -0.2) is 9.78 Å². The molecule has 1 N–H and O–H groups in total. The van der Waals surface area contributed by atoms with Gasteiger partial charge in [-0.15, -0.1) is 11.6 Å². The third-order valence-corrected chi connectivity index (χ3v) is 4.05. The van der Waals surface area contributed by atoms with E-state index in [1.54, 1.807) is 6.92 Å². The van der Waals surface area contributed by atoms with Crippen molar-refractivity contribution in [2.45, 2.75) is 47.0 Å². The molecular formula is C16H30ClNO3. The Hall–Kier alpha value is -0.580. The lowest BCUT2D eigenvalue weighted by Gasteiger charge is -2.32. The summed E-state index contributed by atoms with van der Waals surface area (Å²) >= 11 is 5.54. The van der Waals surface area contributed by atoms with Gasteiger partial charge in [0.1, 0.15) is 0 Å². The lowest BCUT2D eigenvalue weighted by molar-refractivity contribution is -0.295. The lowest BCUT2D eigenvalue weighted by atomic mass is 9.76. The van der Waals surface area contributed by atoms with Crippen LogP contribution in [0.25, 0.3) is 0 Å². The molecule has 0 aromatic rings.